The molecule has 1 aromatic rings. The number of carbonyl (C=O) groups excluding carboxylic acids is 1. The van der Waals surface area contributed by atoms with Gasteiger partial charge in [-0.15, -0.1) is 0 Å². The van der Waals surface area contributed by atoms with E-state index in [1.54, 1.807) is 11.4 Å². The van der Waals surface area contributed by atoms with Crippen LogP contribution in [0.1, 0.15) is 83.1 Å². The highest BCUT2D eigenvalue weighted by molar-refractivity contribution is 7.89. The van der Waals surface area contributed by atoms with E-state index in [0.29, 0.717) is 43.8 Å². The van der Waals surface area contributed by atoms with Crippen molar-refractivity contribution in [3.8, 4) is 0 Å². The zero-order chi connectivity index (χ0) is 31.3. The first kappa shape index (κ1) is 34.1. The number of piperazine rings is 1. The predicted molar refractivity (Wildman–Crippen MR) is 174 cm³/mol. The molecule has 4 aliphatic rings. The molecule has 4 fully saturated rings. The van der Waals surface area contributed by atoms with Gasteiger partial charge < -0.3 is 25.4 Å². The molecule has 4 unspecified atom stereocenters. The van der Waals surface area contributed by atoms with Crippen LogP contribution in [0.3, 0.4) is 0 Å². The molecule has 1 aliphatic carbocycles. The van der Waals surface area contributed by atoms with E-state index in [4.69, 9.17) is 21.1 Å². The molecule has 44 heavy (non-hydrogen) atoms. The first-order valence-electron chi connectivity index (χ1n) is 16.7. The number of rotatable bonds is 12. The molecule has 3 saturated heterocycles. The number of benzene rings is 1. The smallest absolute Gasteiger partial charge is 0.238 e. The van der Waals surface area contributed by atoms with E-state index < -0.39 is 16.1 Å². The topological polar surface area (TPSA) is 109 Å². The Morgan fingerprint density at radius 1 is 1.16 bits per heavy atom. The molecule has 0 aromatic heterocycles. The van der Waals surface area contributed by atoms with Crippen LogP contribution in [0.15, 0.2) is 24.3 Å². The molecule has 2 bridgehead atoms. The summed E-state index contributed by atoms with van der Waals surface area (Å²) in [5.41, 5.74) is 0.846. The highest BCUT2D eigenvalue weighted by Crippen LogP contribution is 2.41. The second kappa shape index (κ2) is 15.1. The second-order valence-electron chi connectivity index (χ2n) is 14.0. The molecular weight excluding hydrogens is 600 g/mol. The lowest BCUT2D eigenvalue weighted by molar-refractivity contribution is -0.126. The fraction of sp³-hybridized carbons (Fsp3) is 0.788. The Balaban J connectivity index is 1.30. The average molecular weight is 653 g/mol. The Morgan fingerprint density at radius 2 is 1.95 bits per heavy atom. The van der Waals surface area contributed by atoms with Crippen molar-refractivity contribution >= 4 is 27.5 Å². The molecule has 1 amide bonds. The second-order valence-corrected chi connectivity index (χ2v) is 16.5. The Bertz CT molecular complexity index is 1200. The third-order valence-corrected chi connectivity index (χ3v) is 12.6. The number of nitrogens with one attached hydrogen (secondary N) is 3. The molecule has 9 nitrogen and oxygen atoms in total. The van der Waals surface area contributed by atoms with E-state index >= 15 is 0 Å². The number of methoxy groups -OCH3 is 1. The summed E-state index contributed by atoms with van der Waals surface area (Å²) in [7, 11) is -1.53. The van der Waals surface area contributed by atoms with Crippen molar-refractivity contribution in [1.29, 1.82) is 0 Å². The first-order chi connectivity index (χ1) is 21.1. The zero-order valence-corrected chi connectivity index (χ0v) is 28.3. The number of nitrogens with zero attached hydrogens (tertiary/aromatic N) is 1. The SMILES string of the molecule is COCCNC(C(=O)N[C@H]1CCC[C@@H]1CC[C@H]1CN[C@@H]2CCCS(=O)(=O)N1C2)C(c1ccc(Cl)cc1)C1CCOC(C)(C)C1. The van der Waals surface area contributed by atoms with Crippen LogP contribution in [-0.4, -0.2) is 94.1 Å². The number of fused-ring (bicyclic) bond motifs is 2. The van der Waals surface area contributed by atoms with Crippen LogP contribution >= 0.6 is 11.6 Å². The monoisotopic (exact) mass is 652 g/mol. The van der Waals surface area contributed by atoms with Crippen molar-refractivity contribution in [2.45, 2.75) is 107 Å². The van der Waals surface area contributed by atoms with Gasteiger partial charge in [-0.3, -0.25) is 4.79 Å². The number of sulfonamides is 1. The minimum absolute atomic E-state index is 0.0130. The summed E-state index contributed by atoms with van der Waals surface area (Å²) in [5.74, 6) is 0.812. The maximum atomic E-state index is 14.3. The third kappa shape index (κ3) is 8.55. The molecule has 3 N–H and O–H groups in total. The van der Waals surface area contributed by atoms with Crippen LogP contribution in [0.25, 0.3) is 0 Å². The van der Waals surface area contributed by atoms with E-state index in [1.807, 2.05) is 12.1 Å². The molecule has 11 heteroatoms. The van der Waals surface area contributed by atoms with Crippen LogP contribution in [0.2, 0.25) is 5.02 Å². The molecule has 1 saturated carbocycles. The summed E-state index contributed by atoms with van der Waals surface area (Å²) >= 11 is 6.29. The van der Waals surface area contributed by atoms with Crippen LogP contribution in [-0.2, 0) is 24.3 Å². The summed E-state index contributed by atoms with van der Waals surface area (Å²) in [5, 5.41) is 11.3. The van der Waals surface area contributed by atoms with Crippen LogP contribution in [0, 0.1) is 11.8 Å². The highest BCUT2D eigenvalue weighted by atomic mass is 35.5. The lowest BCUT2D eigenvalue weighted by atomic mass is 9.73. The van der Waals surface area contributed by atoms with Gasteiger partial charge >= 0.3 is 0 Å². The third-order valence-electron chi connectivity index (χ3n) is 10.4. The summed E-state index contributed by atoms with van der Waals surface area (Å²) in [6.45, 7) is 7.31. The summed E-state index contributed by atoms with van der Waals surface area (Å²) in [6.07, 6.45) is 8.18. The van der Waals surface area contributed by atoms with E-state index in [2.05, 4.69) is 41.9 Å². The molecule has 3 heterocycles. The standard InChI is InChI=1S/C33H53ClN4O5S/c1-33(2)20-25(15-17-43-33)30(24-9-12-26(34)13-10-24)31(35-16-18-42-3)32(39)37-29-8-4-6-23(29)11-14-28-21-36-27-7-5-19-44(40,41)38(28)22-27/h9-10,12-13,23,25,27-31,35-36H,4-8,11,14-22H2,1-3H3,(H,37,39)/t23-,25?,27-,28+,29+,30?,31?/m1/s1. The minimum Gasteiger partial charge on any atom is -0.383 e. The van der Waals surface area contributed by atoms with Crippen molar-refractivity contribution < 1.29 is 22.7 Å². The molecule has 5 rings (SSSR count). The van der Waals surface area contributed by atoms with E-state index in [-0.39, 0.29) is 47.2 Å². The van der Waals surface area contributed by atoms with Gasteiger partial charge in [0.05, 0.1) is 24.0 Å². The van der Waals surface area contributed by atoms with Crippen molar-refractivity contribution in [1.82, 2.24) is 20.3 Å². The predicted octanol–water partition coefficient (Wildman–Crippen LogP) is 4.06. The van der Waals surface area contributed by atoms with Gasteiger partial charge in [0.2, 0.25) is 15.9 Å². The maximum Gasteiger partial charge on any atom is 0.238 e. The Kier molecular flexibility index (Phi) is 11.7. The number of carbonyl (C=O) groups is 1. The molecule has 1 aromatic carbocycles. The quantitative estimate of drug-likeness (QED) is 0.292. The fourth-order valence-corrected chi connectivity index (χ4v) is 10.1. The highest BCUT2D eigenvalue weighted by Gasteiger charge is 2.42. The van der Waals surface area contributed by atoms with Gasteiger partial charge in [-0.1, -0.05) is 30.2 Å². The van der Waals surface area contributed by atoms with Crippen LogP contribution < -0.4 is 16.0 Å². The van der Waals surface area contributed by atoms with Gasteiger partial charge in [0.15, 0.2) is 0 Å². The summed E-state index contributed by atoms with van der Waals surface area (Å²) in [6, 6.07) is 7.85. The largest absolute Gasteiger partial charge is 0.383 e. The van der Waals surface area contributed by atoms with Crippen molar-refractivity contribution in [2.24, 2.45) is 11.8 Å². The Hall–Kier alpha value is -1.27. The zero-order valence-electron chi connectivity index (χ0n) is 26.7. The molecule has 3 aliphatic heterocycles. The fourth-order valence-electron chi connectivity index (χ4n) is 8.20. The number of hydrogen-bond acceptors (Lipinski definition) is 7. The number of hydrogen-bond donors (Lipinski definition) is 3. The maximum absolute atomic E-state index is 14.3. The van der Waals surface area contributed by atoms with Gasteiger partial charge in [-0.25, -0.2) is 8.42 Å². The van der Waals surface area contributed by atoms with Crippen molar-refractivity contribution in [3.05, 3.63) is 34.9 Å². The van der Waals surface area contributed by atoms with Gasteiger partial charge in [0.25, 0.3) is 0 Å². The lowest BCUT2D eigenvalue weighted by Gasteiger charge is -2.42. The molecular formula is C33H53ClN4O5S. The minimum atomic E-state index is -3.21. The van der Waals surface area contributed by atoms with Crippen LogP contribution in [0.4, 0.5) is 0 Å². The van der Waals surface area contributed by atoms with E-state index in [1.165, 1.54) is 0 Å². The van der Waals surface area contributed by atoms with Gasteiger partial charge in [-0.05, 0) is 94.7 Å². The molecule has 8 atom stereocenters. The number of halogens is 1. The lowest BCUT2D eigenvalue weighted by Crippen LogP contribution is -2.57. The number of ether oxygens (including phenoxy) is 2. The Labute approximate surface area is 269 Å². The Morgan fingerprint density at radius 3 is 2.70 bits per heavy atom. The normalized spacial score (nSPS) is 32.8. The number of amides is 1. The first-order valence-corrected chi connectivity index (χ1v) is 18.7. The molecule has 248 valence electrons. The van der Waals surface area contributed by atoms with Crippen LogP contribution in [0.5, 0.6) is 0 Å². The van der Waals surface area contributed by atoms with E-state index in [9.17, 15) is 13.2 Å². The van der Waals surface area contributed by atoms with Crippen molar-refractivity contribution in [3.63, 3.8) is 0 Å². The average Bonchev–Trinajstić information content (AvgIpc) is 3.38. The van der Waals surface area contributed by atoms with Gasteiger partial charge in [-0.2, -0.15) is 4.31 Å². The van der Waals surface area contributed by atoms with E-state index in [0.717, 1.165) is 63.4 Å². The molecule has 0 spiro atoms. The van der Waals surface area contributed by atoms with Gasteiger partial charge in [0.1, 0.15) is 0 Å². The summed E-state index contributed by atoms with van der Waals surface area (Å²) < 4.78 is 39.2. The molecule has 0 radical (unpaired) electrons. The summed E-state index contributed by atoms with van der Waals surface area (Å²) in [4.78, 5) is 14.3. The van der Waals surface area contributed by atoms with Gasteiger partial charge in [0, 0.05) is 62.4 Å². The van der Waals surface area contributed by atoms with Crippen molar-refractivity contribution in [2.75, 3.05) is 45.7 Å².